The Bertz CT molecular complexity index is 634. The predicted molar refractivity (Wildman–Crippen MR) is 64.6 cm³/mol. The molecule has 0 radical (unpaired) electrons. The highest BCUT2D eigenvalue weighted by atomic mass is 16.2. The van der Waals surface area contributed by atoms with Crippen molar-refractivity contribution in [2.45, 2.75) is 6.04 Å². The first-order valence-corrected chi connectivity index (χ1v) is 5.64. The number of piperazine rings is 1. The van der Waals surface area contributed by atoms with Crippen molar-refractivity contribution in [1.29, 1.82) is 0 Å². The molecule has 18 heavy (non-hydrogen) atoms. The number of imide groups is 1. The minimum absolute atomic E-state index is 0.192. The minimum atomic E-state index is -0.529. The fraction of sp³-hybridized carbons (Fsp3) is 0.250. The molecule has 1 aliphatic rings. The SMILES string of the molecule is CN1CC(=O)NC(=O)C1c1n[nH]c2ccccc12. The molecule has 2 amide bonds. The quantitative estimate of drug-likeness (QED) is 0.702. The number of para-hydroxylation sites is 1. The number of fused-ring (bicyclic) bond motifs is 1. The largest absolute Gasteiger partial charge is 0.294 e. The number of hydrogen-bond donors (Lipinski definition) is 2. The summed E-state index contributed by atoms with van der Waals surface area (Å²) in [7, 11) is 1.74. The first-order valence-electron chi connectivity index (χ1n) is 5.64. The van der Waals surface area contributed by atoms with Gasteiger partial charge in [0.25, 0.3) is 0 Å². The summed E-state index contributed by atoms with van der Waals surface area (Å²) in [6.45, 7) is 0.192. The number of aromatic nitrogens is 2. The number of nitrogens with one attached hydrogen (secondary N) is 2. The van der Waals surface area contributed by atoms with Crippen LogP contribution in [0, 0.1) is 0 Å². The lowest BCUT2D eigenvalue weighted by Crippen LogP contribution is -2.51. The molecule has 0 bridgehead atoms. The van der Waals surface area contributed by atoms with Crippen molar-refractivity contribution in [2.24, 2.45) is 0 Å². The zero-order valence-corrected chi connectivity index (χ0v) is 9.80. The van der Waals surface area contributed by atoms with E-state index < -0.39 is 6.04 Å². The summed E-state index contributed by atoms with van der Waals surface area (Å²) >= 11 is 0. The highest BCUT2D eigenvalue weighted by Gasteiger charge is 2.35. The Kier molecular flexibility index (Phi) is 2.38. The van der Waals surface area contributed by atoms with Crippen LogP contribution in [0.15, 0.2) is 24.3 Å². The van der Waals surface area contributed by atoms with E-state index in [2.05, 4.69) is 15.5 Å². The maximum atomic E-state index is 11.9. The van der Waals surface area contributed by atoms with E-state index in [1.54, 1.807) is 11.9 Å². The second-order valence-electron chi connectivity index (χ2n) is 4.38. The van der Waals surface area contributed by atoms with Crippen molar-refractivity contribution >= 4 is 22.7 Å². The molecule has 1 atom stereocenters. The summed E-state index contributed by atoms with van der Waals surface area (Å²) in [5.41, 5.74) is 1.53. The fourth-order valence-electron chi connectivity index (χ4n) is 2.29. The Balaban J connectivity index is 2.08. The summed E-state index contributed by atoms with van der Waals surface area (Å²) in [6, 6.07) is 7.08. The number of rotatable bonds is 1. The van der Waals surface area contributed by atoms with Crippen molar-refractivity contribution in [3.05, 3.63) is 30.0 Å². The van der Waals surface area contributed by atoms with Crippen molar-refractivity contribution in [1.82, 2.24) is 20.4 Å². The van der Waals surface area contributed by atoms with E-state index in [0.717, 1.165) is 10.9 Å². The zero-order chi connectivity index (χ0) is 12.7. The normalized spacial score (nSPS) is 21.3. The Morgan fingerprint density at radius 3 is 2.89 bits per heavy atom. The number of carbonyl (C=O) groups excluding carboxylic acids is 2. The van der Waals surface area contributed by atoms with Crippen LogP contribution in [0.3, 0.4) is 0 Å². The lowest BCUT2D eigenvalue weighted by molar-refractivity contribution is -0.139. The van der Waals surface area contributed by atoms with Gasteiger partial charge in [-0.2, -0.15) is 5.10 Å². The van der Waals surface area contributed by atoms with Gasteiger partial charge in [0.15, 0.2) is 0 Å². The number of benzene rings is 1. The molecule has 2 aromatic rings. The average molecular weight is 244 g/mol. The van der Waals surface area contributed by atoms with E-state index >= 15 is 0 Å². The second-order valence-corrected chi connectivity index (χ2v) is 4.38. The number of amides is 2. The van der Waals surface area contributed by atoms with Crippen molar-refractivity contribution in [2.75, 3.05) is 13.6 Å². The Hall–Kier alpha value is -2.21. The van der Waals surface area contributed by atoms with Gasteiger partial charge in [-0.25, -0.2) is 0 Å². The lowest BCUT2D eigenvalue weighted by atomic mass is 10.1. The third-order valence-corrected chi connectivity index (χ3v) is 3.10. The molecular formula is C12H12N4O2. The van der Waals surface area contributed by atoms with E-state index in [9.17, 15) is 9.59 Å². The van der Waals surface area contributed by atoms with Crippen LogP contribution in [-0.2, 0) is 9.59 Å². The number of H-pyrrole nitrogens is 1. The van der Waals surface area contributed by atoms with Crippen molar-refractivity contribution in [3.63, 3.8) is 0 Å². The monoisotopic (exact) mass is 244 g/mol. The molecule has 92 valence electrons. The van der Waals surface area contributed by atoms with E-state index in [4.69, 9.17) is 0 Å². The first kappa shape index (κ1) is 10.9. The molecule has 6 heteroatoms. The van der Waals surface area contributed by atoms with Gasteiger partial charge in [-0.3, -0.25) is 24.9 Å². The molecule has 1 aliphatic heterocycles. The molecule has 1 unspecified atom stereocenters. The second kappa shape index (κ2) is 3.92. The van der Waals surface area contributed by atoms with Gasteiger partial charge in [0.2, 0.25) is 11.8 Å². The maximum absolute atomic E-state index is 11.9. The zero-order valence-electron chi connectivity index (χ0n) is 9.80. The van der Waals surface area contributed by atoms with Gasteiger partial charge in [0, 0.05) is 5.39 Å². The van der Waals surface area contributed by atoms with Crippen LogP contribution < -0.4 is 5.32 Å². The molecule has 3 rings (SSSR count). The fourth-order valence-corrected chi connectivity index (χ4v) is 2.29. The highest BCUT2D eigenvalue weighted by molar-refractivity contribution is 6.02. The minimum Gasteiger partial charge on any atom is -0.294 e. The van der Waals surface area contributed by atoms with E-state index in [1.807, 2.05) is 24.3 Å². The maximum Gasteiger partial charge on any atom is 0.250 e. The van der Waals surface area contributed by atoms with Crippen LogP contribution >= 0.6 is 0 Å². The summed E-state index contributed by atoms with van der Waals surface area (Å²) in [5.74, 6) is -0.607. The van der Waals surface area contributed by atoms with Crippen LogP contribution in [0.2, 0.25) is 0 Å². The van der Waals surface area contributed by atoms with Crippen LogP contribution in [0.25, 0.3) is 10.9 Å². The molecule has 1 saturated heterocycles. The van der Waals surface area contributed by atoms with Gasteiger partial charge in [-0.1, -0.05) is 18.2 Å². The standard InChI is InChI=1S/C12H12N4O2/c1-16-6-9(17)13-12(18)11(16)10-7-4-2-3-5-8(7)14-15-10/h2-5,11H,6H2,1H3,(H,14,15)(H,13,17,18). The van der Waals surface area contributed by atoms with Gasteiger partial charge < -0.3 is 0 Å². The van der Waals surface area contributed by atoms with Gasteiger partial charge in [0.1, 0.15) is 6.04 Å². The average Bonchev–Trinajstić information content (AvgIpc) is 2.72. The molecule has 0 aliphatic carbocycles. The molecular weight excluding hydrogens is 232 g/mol. The molecule has 1 fully saturated rings. The predicted octanol–water partition coefficient (Wildman–Crippen LogP) is 0.192. The molecule has 6 nitrogen and oxygen atoms in total. The van der Waals surface area contributed by atoms with E-state index in [-0.39, 0.29) is 18.4 Å². The smallest absolute Gasteiger partial charge is 0.250 e. The first-order chi connectivity index (χ1) is 8.66. The van der Waals surface area contributed by atoms with Gasteiger partial charge >= 0.3 is 0 Å². The number of aromatic amines is 1. The molecule has 0 saturated carbocycles. The van der Waals surface area contributed by atoms with Crippen molar-refractivity contribution < 1.29 is 9.59 Å². The highest BCUT2D eigenvalue weighted by Crippen LogP contribution is 2.26. The Morgan fingerprint density at radius 2 is 2.11 bits per heavy atom. The number of likely N-dealkylation sites (N-methyl/N-ethyl adjacent to an activating group) is 1. The van der Waals surface area contributed by atoms with Crippen LogP contribution in [0.5, 0.6) is 0 Å². The van der Waals surface area contributed by atoms with E-state index in [0.29, 0.717) is 5.69 Å². The summed E-state index contributed by atoms with van der Waals surface area (Å²) in [4.78, 5) is 24.9. The van der Waals surface area contributed by atoms with Crippen LogP contribution in [-0.4, -0.2) is 40.5 Å². The van der Waals surface area contributed by atoms with Gasteiger partial charge in [-0.05, 0) is 13.1 Å². The number of carbonyl (C=O) groups is 2. The third kappa shape index (κ3) is 1.58. The van der Waals surface area contributed by atoms with E-state index in [1.165, 1.54) is 0 Å². The van der Waals surface area contributed by atoms with Gasteiger partial charge in [0.05, 0.1) is 17.8 Å². The number of hydrogen-bond acceptors (Lipinski definition) is 4. The summed E-state index contributed by atoms with van der Waals surface area (Å²) in [6.07, 6.45) is 0. The molecule has 2 heterocycles. The summed E-state index contributed by atoms with van der Waals surface area (Å²) in [5, 5.41) is 10.3. The number of nitrogens with zero attached hydrogens (tertiary/aromatic N) is 2. The molecule has 1 aromatic heterocycles. The molecule has 1 aromatic carbocycles. The van der Waals surface area contributed by atoms with Crippen molar-refractivity contribution in [3.8, 4) is 0 Å². The third-order valence-electron chi connectivity index (χ3n) is 3.10. The Labute approximate surface area is 103 Å². The topological polar surface area (TPSA) is 78.1 Å². The van der Waals surface area contributed by atoms with Crippen LogP contribution in [0.4, 0.5) is 0 Å². The molecule has 2 N–H and O–H groups in total. The lowest BCUT2D eigenvalue weighted by Gasteiger charge is -2.29. The summed E-state index contributed by atoms with van der Waals surface area (Å²) < 4.78 is 0. The molecule has 0 spiro atoms. The van der Waals surface area contributed by atoms with Crippen LogP contribution in [0.1, 0.15) is 11.7 Å². The Morgan fingerprint density at radius 1 is 1.33 bits per heavy atom. The van der Waals surface area contributed by atoms with Gasteiger partial charge in [-0.15, -0.1) is 0 Å².